The molecule has 70 heavy (non-hydrogen) atoms. The largest absolute Gasteiger partial charge is 0.454 e. The van der Waals surface area contributed by atoms with Gasteiger partial charge in [0.2, 0.25) is 0 Å². The molecule has 2 unspecified atom stereocenters. The summed E-state index contributed by atoms with van der Waals surface area (Å²) in [5.41, 5.74) is 19.3. The fourth-order valence-electron chi connectivity index (χ4n) is 13.4. The van der Waals surface area contributed by atoms with Crippen LogP contribution >= 0.6 is 11.3 Å². The van der Waals surface area contributed by atoms with Crippen LogP contribution in [0.15, 0.2) is 162 Å². The Labute approximate surface area is 416 Å². The van der Waals surface area contributed by atoms with E-state index in [1.165, 1.54) is 112 Å². The molecule has 0 amide bonds. The molecule has 3 aliphatic heterocycles. The molecule has 1 fully saturated rings. The Kier molecular flexibility index (Phi) is 8.68. The predicted octanol–water partition coefficient (Wildman–Crippen LogP) is 16.4. The summed E-state index contributed by atoms with van der Waals surface area (Å²) in [6.45, 7) is 19.2. The van der Waals surface area contributed by atoms with Gasteiger partial charge in [-0.2, -0.15) is 0 Å². The summed E-state index contributed by atoms with van der Waals surface area (Å²) >= 11 is 1.89. The van der Waals surface area contributed by atoms with Crippen LogP contribution in [-0.2, 0) is 16.2 Å². The number of nitrogens with zero attached hydrogens (tertiary/aromatic N) is 3. The smallest absolute Gasteiger partial charge is 0.252 e. The van der Waals surface area contributed by atoms with Gasteiger partial charge in [-0.25, -0.2) is 0 Å². The molecular formula is C64H58BN3OS. The number of furan rings is 1. The maximum Gasteiger partial charge on any atom is 0.252 e. The molecule has 2 aromatic heterocycles. The average Bonchev–Trinajstić information content (AvgIpc) is 3.99. The van der Waals surface area contributed by atoms with E-state index in [1.807, 2.05) is 11.3 Å². The van der Waals surface area contributed by atoms with Crippen molar-refractivity contribution in [3.8, 4) is 0 Å². The van der Waals surface area contributed by atoms with E-state index < -0.39 is 0 Å². The first-order valence-corrected chi connectivity index (χ1v) is 26.3. The molecule has 0 spiro atoms. The van der Waals surface area contributed by atoms with E-state index in [-0.39, 0.29) is 28.5 Å². The van der Waals surface area contributed by atoms with Crippen LogP contribution in [0.1, 0.15) is 97.8 Å². The third-order valence-corrected chi connectivity index (χ3v) is 18.5. The zero-order chi connectivity index (χ0) is 47.6. The van der Waals surface area contributed by atoms with Gasteiger partial charge in [0.1, 0.15) is 5.58 Å². The molecule has 4 aliphatic rings. The molecular weight excluding hydrogens is 870 g/mol. The molecule has 2 atom stereocenters. The van der Waals surface area contributed by atoms with E-state index in [9.17, 15) is 0 Å². The van der Waals surface area contributed by atoms with Gasteiger partial charge >= 0.3 is 0 Å². The fourth-order valence-corrected chi connectivity index (χ4v) is 14.5. The van der Waals surface area contributed by atoms with E-state index in [0.29, 0.717) is 0 Å². The summed E-state index contributed by atoms with van der Waals surface area (Å²) in [6.07, 6.45) is 4.75. The zero-order valence-electron chi connectivity index (χ0n) is 41.6. The predicted molar refractivity (Wildman–Crippen MR) is 301 cm³/mol. The van der Waals surface area contributed by atoms with Gasteiger partial charge in [0.25, 0.3) is 6.71 Å². The molecule has 0 radical (unpaired) electrons. The van der Waals surface area contributed by atoms with E-state index in [1.54, 1.807) is 0 Å². The van der Waals surface area contributed by atoms with E-state index in [4.69, 9.17) is 4.42 Å². The standard InChI is InChI=1S/C64H58BN3OS/c1-61(2,3)39-26-29-48-52(34-39)66(41-28-31-58-46(36-41)44-19-10-14-25-57(44)70-58)54-37-42(68-50-22-12-11-21-47(50)63(7)32-15-16-33-64(63,68)8)38-55-59(54)65(48)49-30-27-40(62(4,5)6)35-53(49)67(55)51-23-17-20-45-43-18-9-13-24-56(43)69-60(45)51/h9-14,17-31,34-38H,15-16,32-33H2,1-8H3. The highest BCUT2D eigenvalue weighted by Gasteiger charge is 2.58. The van der Waals surface area contributed by atoms with Crippen LogP contribution in [0.3, 0.4) is 0 Å². The lowest BCUT2D eigenvalue weighted by Crippen LogP contribution is -2.61. The summed E-state index contributed by atoms with van der Waals surface area (Å²) in [5, 5.41) is 4.88. The molecule has 0 bridgehead atoms. The van der Waals surface area contributed by atoms with Crippen LogP contribution < -0.4 is 31.1 Å². The Bertz CT molecular complexity index is 3850. The monoisotopic (exact) mass is 927 g/mol. The molecule has 14 rings (SSSR count). The number of fused-ring (bicyclic) bond motifs is 13. The van der Waals surface area contributed by atoms with Crippen LogP contribution in [0.5, 0.6) is 0 Å². The van der Waals surface area contributed by atoms with Crippen molar-refractivity contribution in [2.45, 2.75) is 103 Å². The summed E-state index contributed by atoms with van der Waals surface area (Å²) in [5.74, 6) is 0. The zero-order valence-corrected chi connectivity index (χ0v) is 42.4. The maximum atomic E-state index is 7.04. The molecule has 8 aromatic carbocycles. The second kappa shape index (κ2) is 14.4. The number of rotatable bonds is 3. The van der Waals surface area contributed by atoms with Gasteiger partial charge in [-0.05, 0) is 130 Å². The highest BCUT2D eigenvalue weighted by Crippen LogP contribution is 2.62. The Balaban J connectivity index is 1.14. The second-order valence-electron chi connectivity index (χ2n) is 23.2. The lowest BCUT2D eigenvalue weighted by molar-refractivity contribution is 0.195. The van der Waals surface area contributed by atoms with E-state index >= 15 is 0 Å². The Morgan fingerprint density at radius 2 is 1.11 bits per heavy atom. The third kappa shape index (κ3) is 5.71. The topological polar surface area (TPSA) is 22.9 Å². The molecule has 10 aromatic rings. The van der Waals surface area contributed by atoms with Crippen molar-refractivity contribution in [1.29, 1.82) is 0 Å². The SMILES string of the molecule is CC(C)(C)c1ccc2c(c1)N(c1ccc3sc4ccccc4c3c1)c1cc(N3c4ccccc4C4(C)CCCCC34C)cc3c1B2c1ccc(C(C)(C)C)cc1N3c1cccc2c1oc1ccccc12. The number of hydrogen-bond acceptors (Lipinski definition) is 5. The average molecular weight is 928 g/mol. The molecule has 4 nitrogen and oxygen atoms in total. The Hall–Kier alpha value is -6.76. The molecule has 344 valence electrons. The molecule has 1 saturated carbocycles. The highest BCUT2D eigenvalue weighted by atomic mass is 32.1. The molecule has 0 saturated heterocycles. The van der Waals surface area contributed by atoms with Gasteiger partial charge in [-0.1, -0.05) is 152 Å². The van der Waals surface area contributed by atoms with Crippen molar-refractivity contribution < 1.29 is 4.42 Å². The lowest BCUT2D eigenvalue weighted by atomic mass is 9.33. The van der Waals surface area contributed by atoms with Crippen LogP contribution in [0.2, 0.25) is 0 Å². The van der Waals surface area contributed by atoms with Gasteiger partial charge in [-0.15, -0.1) is 11.3 Å². The first-order chi connectivity index (χ1) is 33.7. The lowest BCUT2D eigenvalue weighted by Gasteiger charge is -2.51. The third-order valence-electron chi connectivity index (χ3n) is 17.3. The molecule has 0 N–H and O–H groups in total. The fraction of sp³-hybridized carbons (Fsp3) is 0.250. The summed E-state index contributed by atoms with van der Waals surface area (Å²) in [7, 11) is 0. The summed E-state index contributed by atoms with van der Waals surface area (Å²) < 4.78 is 9.67. The number of benzene rings is 8. The number of hydrogen-bond donors (Lipinski definition) is 0. The van der Waals surface area contributed by atoms with Crippen LogP contribution in [0.25, 0.3) is 42.1 Å². The Morgan fingerprint density at radius 1 is 0.500 bits per heavy atom. The van der Waals surface area contributed by atoms with Gasteiger partial charge in [0, 0.05) is 76.2 Å². The van der Waals surface area contributed by atoms with Crippen LogP contribution in [0, 0.1) is 0 Å². The molecule has 6 heteroatoms. The first-order valence-electron chi connectivity index (χ1n) is 25.5. The summed E-state index contributed by atoms with van der Waals surface area (Å²) in [4.78, 5) is 8.03. The minimum atomic E-state index is -0.143. The first kappa shape index (κ1) is 42.2. The Morgan fingerprint density at radius 3 is 1.87 bits per heavy atom. The highest BCUT2D eigenvalue weighted by molar-refractivity contribution is 7.25. The van der Waals surface area contributed by atoms with E-state index in [0.717, 1.165) is 34.0 Å². The quantitative estimate of drug-likeness (QED) is 0.165. The van der Waals surface area contributed by atoms with Gasteiger partial charge < -0.3 is 19.1 Å². The minimum Gasteiger partial charge on any atom is -0.454 e. The van der Waals surface area contributed by atoms with Crippen LogP contribution in [-0.4, -0.2) is 12.3 Å². The van der Waals surface area contributed by atoms with Crippen molar-refractivity contribution in [3.05, 3.63) is 174 Å². The van der Waals surface area contributed by atoms with Crippen molar-refractivity contribution in [2.24, 2.45) is 0 Å². The molecule has 1 aliphatic carbocycles. The maximum absolute atomic E-state index is 7.04. The van der Waals surface area contributed by atoms with E-state index in [2.05, 4.69) is 228 Å². The van der Waals surface area contributed by atoms with Crippen molar-refractivity contribution in [1.82, 2.24) is 0 Å². The van der Waals surface area contributed by atoms with Crippen LogP contribution in [0.4, 0.5) is 45.5 Å². The minimum absolute atomic E-state index is 0.00970. The summed E-state index contributed by atoms with van der Waals surface area (Å²) in [6, 6.07) is 60.7. The van der Waals surface area contributed by atoms with Crippen molar-refractivity contribution in [2.75, 3.05) is 14.7 Å². The second-order valence-corrected chi connectivity index (χ2v) is 24.3. The molecule has 5 heterocycles. The number of anilines is 8. The van der Waals surface area contributed by atoms with Crippen molar-refractivity contribution >= 4 is 122 Å². The van der Waals surface area contributed by atoms with Crippen molar-refractivity contribution in [3.63, 3.8) is 0 Å². The number of para-hydroxylation sites is 3. The normalized spacial score (nSPS) is 19.5. The van der Waals surface area contributed by atoms with Gasteiger partial charge in [0.05, 0.1) is 11.2 Å². The van der Waals surface area contributed by atoms with Gasteiger partial charge in [0.15, 0.2) is 5.58 Å². The number of thiophene rings is 1. The van der Waals surface area contributed by atoms with Gasteiger partial charge in [-0.3, -0.25) is 0 Å².